The summed E-state index contributed by atoms with van der Waals surface area (Å²) in [5, 5.41) is 22.1. The van der Waals surface area contributed by atoms with Crippen molar-refractivity contribution in [3.05, 3.63) is 52.8 Å². The van der Waals surface area contributed by atoms with Crippen molar-refractivity contribution < 1.29 is 24.5 Å². The van der Waals surface area contributed by atoms with Gasteiger partial charge in [0.1, 0.15) is 24.1 Å². The first-order valence-corrected chi connectivity index (χ1v) is 12.5. The van der Waals surface area contributed by atoms with Crippen LogP contribution in [0.1, 0.15) is 88.6 Å². The topological polar surface area (TPSA) is 101 Å². The average molecular weight is 487 g/mol. The van der Waals surface area contributed by atoms with Crippen LogP contribution in [0.4, 0.5) is 0 Å². The third-order valence-corrected chi connectivity index (χ3v) is 7.07. The minimum Gasteiger partial charge on any atom is -0.491 e. The number of nitrogens with one attached hydrogen (secondary N) is 1. The lowest BCUT2D eigenvalue weighted by Gasteiger charge is -2.35. The summed E-state index contributed by atoms with van der Waals surface area (Å²) in [6.45, 7) is 16.5. The van der Waals surface area contributed by atoms with Crippen LogP contribution in [0, 0.1) is 12.3 Å². The van der Waals surface area contributed by atoms with Crippen molar-refractivity contribution in [1.29, 1.82) is 0 Å². The van der Waals surface area contributed by atoms with E-state index in [1.807, 2.05) is 51.3 Å². The fourth-order valence-corrected chi connectivity index (χ4v) is 4.45. The molecule has 1 aromatic carbocycles. The molecule has 0 spiro atoms. The molecule has 2 atom stereocenters. The van der Waals surface area contributed by atoms with Crippen LogP contribution in [0.5, 0.6) is 5.75 Å². The van der Waals surface area contributed by atoms with Crippen molar-refractivity contribution in [1.82, 2.24) is 9.88 Å². The van der Waals surface area contributed by atoms with E-state index in [9.17, 15) is 19.8 Å². The maximum Gasteiger partial charge on any atom is 0.325 e. The van der Waals surface area contributed by atoms with Crippen molar-refractivity contribution >= 4 is 11.9 Å². The number of benzene rings is 1. The molecule has 0 bridgehead atoms. The van der Waals surface area contributed by atoms with Crippen molar-refractivity contribution in [2.45, 2.75) is 92.3 Å². The van der Waals surface area contributed by atoms with E-state index in [0.717, 1.165) is 35.4 Å². The zero-order chi connectivity index (χ0) is 26.6. The molecular weight excluding hydrogens is 444 g/mol. The van der Waals surface area contributed by atoms with Gasteiger partial charge in [-0.05, 0) is 68.4 Å². The molecule has 35 heavy (non-hydrogen) atoms. The van der Waals surface area contributed by atoms with Gasteiger partial charge in [-0.2, -0.15) is 0 Å². The summed E-state index contributed by atoms with van der Waals surface area (Å²) < 4.78 is 7.93. The molecule has 0 aliphatic carbocycles. The summed E-state index contributed by atoms with van der Waals surface area (Å²) in [4.78, 5) is 24.1. The van der Waals surface area contributed by atoms with E-state index in [4.69, 9.17) is 4.74 Å². The number of carboxylic acids is 1. The number of hydrogen-bond donors (Lipinski definition) is 3. The molecule has 1 amide bonds. The van der Waals surface area contributed by atoms with Gasteiger partial charge in [-0.15, -0.1) is 0 Å². The number of aryl methyl sites for hydroxylation is 1. The van der Waals surface area contributed by atoms with E-state index in [2.05, 4.69) is 31.3 Å². The highest BCUT2D eigenvalue weighted by Crippen LogP contribution is 2.41. The minimum atomic E-state index is -1.07. The van der Waals surface area contributed by atoms with E-state index in [-0.39, 0.29) is 17.4 Å². The van der Waals surface area contributed by atoms with Crippen molar-refractivity contribution in [2.24, 2.45) is 5.41 Å². The molecule has 1 unspecified atom stereocenters. The molecule has 7 heteroatoms. The Morgan fingerprint density at radius 1 is 1.09 bits per heavy atom. The normalized spacial score (nSPS) is 13.9. The Balaban J connectivity index is 2.44. The van der Waals surface area contributed by atoms with E-state index < -0.39 is 24.0 Å². The lowest BCUT2D eigenvalue weighted by atomic mass is 9.72. The van der Waals surface area contributed by atoms with Gasteiger partial charge in [-0.3, -0.25) is 9.59 Å². The quantitative estimate of drug-likeness (QED) is 0.419. The summed E-state index contributed by atoms with van der Waals surface area (Å²) >= 11 is 0. The molecule has 194 valence electrons. The Labute approximate surface area is 209 Å². The number of nitrogens with zero attached hydrogens (tertiary/aromatic N) is 1. The molecule has 3 N–H and O–H groups in total. The number of carboxylic acid groups (broad SMARTS) is 1. The standard InChI is InChI=1S/C28H42N2O5/c1-9-28(10-2,20-12-14-22(18(4)16-20)35-17-24(31)27(6,7)8)23-15-13-21(30(23)11-3)25(32)29-19(5)26(33)34/h12-16,19,24,31H,9-11,17H2,1-8H3,(H,29,32)(H,33,34)/t19-,24?/m0/s1. The first-order chi connectivity index (χ1) is 16.3. The van der Waals surface area contributed by atoms with Crippen LogP contribution in [0.3, 0.4) is 0 Å². The van der Waals surface area contributed by atoms with E-state index in [0.29, 0.717) is 12.2 Å². The summed E-state index contributed by atoms with van der Waals surface area (Å²) in [5.41, 5.74) is 3.00. The average Bonchev–Trinajstić information content (AvgIpc) is 3.23. The highest BCUT2D eigenvalue weighted by atomic mass is 16.5. The smallest absolute Gasteiger partial charge is 0.325 e. The highest BCUT2D eigenvalue weighted by molar-refractivity contribution is 5.95. The third kappa shape index (κ3) is 6.07. The zero-order valence-corrected chi connectivity index (χ0v) is 22.4. The van der Waals surface area contributed by atoms with Gasteiger partial charge in [0.25, 0.3) is 5.91 Å². The molecule has 0 fully saturated rings. The molecule has 0 saturated heterocycles. The van der Waals surface area contributed by atoms with Gasteiger partial charge in [0.15, 0.2) is 0 Å². The Morgan fingerprint density at radius 2 is 1.71 bits per heavy atom. The van der Waals surface area contributed by atoms with Gasteiger partial charge in [-0.1, -0.05) is 46.8 Å². The summed E-state index contributed by atoms with van der Waals surface area (Å²) in [7, 11) is 0. The number of carbonyl (C=O) groups excluding carboxylic acids is 1. The largest absolute Gasteiger partial charge is 0.491 e. The number of aliphatic carboxylic acids is 1. The van der Waals surface area contributed by atoms with Crippen molar-refractivity contribution in [3.63, 3.8) is 0 Å². The fourth-order valence-electron chi connectivity index (χ4n) is 4.45. The molecule has 0 saturated carbocycles. The van der Waals surface area contributed by atoms with Crippen LogP contribution in [-0.4, -0.2) is 45.4 Å². The predicted octanol–water partition coefficient (Wildman–Crippen LogP) is 4.91. The molecular formula is C28H42N2O5. The first-order valence-electron chi connectivity index (χ1n) is 12.5. The fraction of sp³-hybridized carbons (Fsp3) is 0.571. The van der Waals surface area contributed by atoms with Gasteiger partial charge >= 0.3 is 5.97 Å². The van der Waals surface area contributed by atoms with Crippen LogP contribution in [-0.2, 0) is 16.8 Å². The van der Waals surface area contributed by atoms with E-state index in [1.54, 1.807) is 6.07 Å². The number of hydrogen-bond acceptors (Lipinski definition) is 4. The van der Waals surface area contributed by atoms with Crippen LogP contribution >= 0.6 is 0 Å². The number of aliphatic hydroxyl groups is 1. The van der Waals surface area contributed by atoms with Gasteiger partial charge < -0.3 is 24.8 Å². The third-order valence-electron chi connectivity index (χ3n) is 7.07. The van der Waals surface area contributed by atoms with Crippen molar-refractivity contribution in [3.8, 4) is 5.75 Å². The molecule has 7 nitrogen and oxygen atoms in total. The maximum atomic E-state index is 12.9. The molecule has 0 aliphatic heterocycles. The lowest BCUT2D eigenvalue weighted by molar-refractivity contribution is -0.138. The Kier molecular flexibility index (Phi) is 9.17. The van der Waals surface area contributed by atoms with Crippen LogP contribution in [0.15, 0.2) is 30.3 Å². The SMILES string of the molecule is CCn1c(C(=O)N[C@@H](C)C(=O)O)ccc1C(CC)(CC)c1ccc(OCC(O)C(C)(C)C)c(C)c1. The van der Waals surface area contributed by atoms with Crippen LogP contribution < -0.4 is 10.1 Å². The Morgan fingerprint density at radius 3 is 2.20 bits per heavy atom. The Hall–Kier alpha value is -2.80. The highest BCUT2D eigenvalue weighted by Gasteiger charge is 2.35. The second kappa shape index (κ2) is 11.3. The van der Waals surface area contributed by atoms with Crippen LogP contribution in [0.2, 0.25) is 0 Å². The number of ether oxygens (including phenoxy) is 1. The summed E-state index contributed by atoms with van der Waals surface area (Å²) in [6, 6.07) is 8.95. The molecule has 0 radical (unpaired) electrons. The monoisotopic (exact) mass is 486 g/mol. The second-order valence-electron chi connectivity index (χ2n) is 10.3. The predicted molar refractivity (Wildman–Crippen MR) is 138 cm³/mol. The van der Waals surface area contributed by atoms with Crippen LogP contribution in [0.25, 0.3) is 0 Å². The summed E-state index contributed by atoms with van der Waals surface area (Å²) in [6.07, 6.45) is 1.07. The zero-order valence-electron chi connectivity index (χ0n) is 22.4. The maximum absolute atomic E-state index is 12.9. The van der Waals surface area contributed by atoms with Gasteiger partial charge in [0.2, 0.25) is 0 Å². The second-order valence-corrected chi connectivity index (χ2v) is 10.3. The first kappa shape index (κ1) is 28.4. The Bertz CT molecular complexity index is 1030. The lowest BCUT2D eigenvalue weighted by Crippen LogP contribution is -2.39. The number of rotatable bonds is 11. The molecule has 2 rings (SSSR count). The summed E-state index contributed by atoms with van der Waals surface area (Å²) in [5.74, 6) is -0.726. The molecule has 0 aliphatic rings. The molecule has 1 aromatic heterocycles. The number of aliphatic hydroxyl groups excluding tert-OH is 1. The number of aromatic nitrogens is 1. The molecule has 2 aromatic rings. The van der Waals surface area contributed by atoms with Gasteiger partial charge in [0.05, 0.1) is 6.10 Å². The van der Waals surface area contributed by atoms with Gasteiger partial charge in [0, 0.05) is 17.7 Å². The van der Waals surface area contributed by atoms with E-state index >= 15 is 0 Å². The van der Waals surface area contributed by atoms with E-state index in [1.165, 1.54) is 6.92 Å². The van der Waals surface area contributed by atoms with Crippen molar-refractivity contribution in [2.75, 3.05) is 6.61 Å². The number of carbonyl (C=O) groups is 2. The number of amides is 1. The van der Waals surface area contributed by atoms with Gasteiger partial charge in [-0.25, -0.2) is 0 Å². The molecule has 1 heterocycles. The minimum absolute atomic E-state index is 0.225.